The van der Waals surface area contributed by atoms with E-state index >= 15 is 0 Å². The van der Waals surface area contributed by atoms with E-state index in [0.29, 0.717) is 0 Å². The molecule has 0 spiro atoms. The second-order valence-corrected chi connectivity index (χ2v) is 4.70. The maximum atomic E-state index is 4.00. The van der Waals surface area contributed by atoms with Crippen LogP contribution in [0.1, 0.15) is 5.56 Å². The van der Waals surface area contributed by atoms with Gasteiger partial charge in [-0.15, -0.1) is 0 Å². The molecule has 0 amide bonds. The lowest BCUT2D eigenvalue weighted by Crippen LogP contribution is -2.42. The van der Waals surface area contributed by atoms with Crippen LogP contribution in [0.5, 0.6) is 0 Å². The minimum Gasteiger partial charge on any atom is -0.314 e. The Hall–Kier alpha value is -1.65. The number of nitrogens with zero attached hydrogens (tertiary/aromatic N) is 2. The Morgan fingerprint density at radius 1 is 1.17 bits per heavy atom. The molecule has 0 saturated carbocycles. The Labute approximate surface area is 107 Å². The Bertz CT molecular complexity index is 486. The van der Waals surface area contributed by atoms with Gasteiger partial charge in [-0.25, -0.2) is 0 Å². The summed E-state index contributed by atoms with van der Waals surface area (Å²) in [5, 5.41) is 10.4. The molecule has 4 nitrogen and oxygen atoms in total. The van der Waals surface area contributed by atoms with Gasteiger partial charge in [0.15, 0.2) is 0 Å². The highest BCUT2D eigenvalue weighted by atomic mass is 15.2. The number of piperazine rings is 1. The van der Waals surface area contributed by atoms with Gasteiger partial charge in [0.25, 0.3) is 0 Å². The molecule has 2 aromatic rings. The maximum absolute atomic E-state index is 4.00. The van der Waals surface area contributed by atoms with Crippen molar-refractivity contribution in [2.24, 2.45) is 0 Å². The molecule has 1 aromatic heterocycles. The van der Waals surface area contributed by atoms with Crippen LogP contribution in [0.2, 0.25) is 0 Å². The number of nitrogens with one attached hydrogen (secondary N) is 2. The van der Waals surface area contributed by atoms with E-state index < -0.39 is 0 Å². The number of rotatable bonds is 3. The zero-order valence-corrected chi connectivity index (χ0v) is 10.4. The van der Waals surface area contributed by atoms with Gasteiger partial charge in [0.05, 0.1) is 5.69 Å². The van der Waals surface area contributed by atoms with Gasteiger partial charge >= 0.3 is 0 Å². The predicted molar refractivity (Wildman–Crippen MR) is 72.2 cm³/mol. The molecule has 18 heavy (non-hydrogen) atoms. The number of benzene rings is 1. The van der Waals surface area contributed by atoms with Crippen molar-refractivity contribution in [3.05, 3.63) is 42.1 Å². The minimum atomic E-state index is 1.03. The average molecular weight is 242 g/mol. The van der Waals surface area contributed by atoms with Crippen LogP contribution in [0.15, 0.2) is 36.5 Å². The minimum absolute atomic E-state index is 1.03. The number of aromatic amines is 1. The molecule has 1 aliphatic rings. The van der Waals surface area contributed by atoms with E-state index in [1.807, 2.05) is 6.07 Å². The standard InChI is InChI=1S/C14H18N4/c1-2-12(11-18-8-6-15-7-9-18)10-13(3-1)14-4-5-16-17-14/h1-5,10,15H,6-9,11H2,(H,16,17). The van der Waals surface area contributed by atoms with E-state index in [0.717, 1.165) is 38.4 Å². The molecule has 1 aromatic carbocycles. The van der Waals surface area contributed by atoms with Crippen LogP contribution in [0.25, 0.3) is 11.3 Å². The molecule has 1 saturated heterocycles. The molecule has 0 aliphatic carbocycles. The van der Waals surface area contributed by atoms with Gasteiger partial charge in [-0.2, -0.15) is 5.10 Å². The fraction of sp³-hybridized carbons (Fsp3) is 0.357. The van der Waals surface area contributed by atoms with Crippen LogP contribution in [-0.4, -0.2) is 41.3 Å². The second-order valence-electron chi connectivity index (χ2n) is 4.70. The van der Waals surface area contributed by atoms with Gasteiger partial charge in [0.2, 0.25) is 0 Å². The lowest BCUT2D eigenvalue weighted by atomic mass is 10.1. The third-order valence-corrected chi connectivity index (χ3v) is 3.35. The highest BCUT2D eigenvalue weighted by molar-refractivity contribution is 5.59. The van der Waals surface area contributed by atoms with Crippen molar-refractivity contribution in [3.63, 3.8) is 0 Å². The van der Waals surface area contributed by atoms with Gasteiger partial charge in [0.1, 0.15) is 0 Å². The van der Waals surface area contributed by atoms with Crippen molar-refractivity contribution in [2.45, 2.75) is 6.54 Å². The molecule has 0 bridgehead atoms. The van der Waals surface area contributed by atoms with Crippen LogP contribution in [-0.2, 0) is 6.54 Å². The normalized spacial score (nSPS) is 16.9. The van der Waals surface area contributed by atoms with E-state index in [9.17, 15) is 0 Å². The topological polar surface area (TPSA) is 44.0 Å². The summed E-state index contributed by atoms with van der Waals surface area (Å²) in [5.74, 6) is 0. The largest absolute Gasteiger partial charge is 0.314 e. The molecular weight excluding hydrogens is 224 g/mol. The van der Waals surface area contributed by atoms with Crippen LogP contribution in [0, 0.1) is 0 Å². The van der Waals surface area contributed by atoms with Gasteiger partial charge in [0, 0.05) is 38.9 Å². The Balaban J connectivity index is 1.74. The second kappa shape index (κ2) is 5.33. The zero-order valence-electron chi connectivity index (χ0n) is 10.4. The first-order chi connectivity index (χ1) is 8.92. The fourth-order valence-corrected chi connectivity index (χ4v) is 2.38. The number of aromatic nitrogens is 2. The van der Waals surface area contributed by atoms with Gasteiger partial charge in [-0.05, 0) is 23.3 Å². The Morgan fingerprint density at radius 3 is 2.83 bits per heavy atom. The molecule has 1 aliphatic heterocycles. The lowest BCUT2D eigenvalue weighted by Gasteiger charge is -2.27. The van der Waals surface area contributed by atoms with E-state index in [4.69, 9.17) is 0 Å². The first-order valence-electron chi connectivity index (χ1n) is 6.43. The quantitative estimate of drug-likeness (QED) is 0.857. The number of hydrogen-bond acceptors (Lipinski definition) is 3. The summed E-state index contributed by atoms with van der Waals surface area (Å²) in [6.07, 6.45) is 1.79. The number of hydrogen-bond donors (Lipinski definition) is 2. The monoisotopic (exact) mass is 242 g/mol. The molecule has 0 radical (unpaired) electrons. The van der Waals surface area contributed by atoms with Crippen molar-refractivity contribution >= 4 is 0 Å². The first-order valence-corrected chi connectivity index (χ1v) is 6.43. The van der Waals surface area contributed by atoms with E-state index in [-0.39, 0.29) is 0 Å². The third-order valence-electron chi connectivity index (χ3n) is 3.35. The van der Waals surface area contributed by atoms with E-state index in [1.165, 1.54) is 11.1 Å². The highest BCUT2D eigenvalue weighted by Gasteiger charge is 2.10. The highest BCUT2D eigenvalue weighted by Crippen LogP contribution is 2.18. The molecule has 94 valence electrons. The smallest absolute Gasteiger partial charge is 0.0650 e. The summed E-state index contributed by atoms with van der Waals surface area (Å²) in [4.78, 5) is 2.49. The Morgan fingerprint density at radius 2 is 2.06 bits per heavy atom. The van der Waals surface area contributed by atoms with Crippen LogP contribution in [0.4, 0.5) is 0 Å². The third kappa shape index (κ3) is 2.60. The summed E-state index contributed by atoms with van der Waals surface area (Å²) < 4.78 is 0. The first kappa shape index (κ1) is 11.4. The molecule has 2 heterocycles. The molecule has 0 unspecified atom stereocenters. The SMILES string of the molecule is c1cc(CN2CCNCC2)cc(-c2ccn[nH]2)c1. The van der Waals surface area contributed by atoms with Crippen molar-refractivity contribution in [3.8, 4) is 11.3 Å². The van der Waals surface area contributed by atoms with Gasteiger partial charge in [-0.3, -0.25) is 10.00 Å². The van der Waals surface area contributed by atoms with Gasteiger partial charge < -0.3 is 5.32 Å². The summed E-state index contributed by atoms with van der Waals surface area (Å²) in [6, 6.07) is 10.7. The molecule has 4 heteroatoms. The van der Waals surface area contributed by atoms with Crippen molar-refractivity contribution in [1.82, 2.24) is 20.4 Å². The van der Waals surface area contributed by atoms with Crippen molar-refractivity contribution < 1.29 is 0 Å². The predicted octanol–water partition coefficient (Wildman–Crippen LogP) is 1.48. The zero-order chi connectivity index (χ0) is 12.2. The lowest BCUT2D eigenvalue weighted by molar-refractivity contribution is 0.233. The molecular formula is C14H18N4. The summed E-state index contributed by atoms with van der Waals surface area (Å²) in [7, 11) is 0. The summed E-state index contributed by atoms with van der Waals surface area (Å²) in [6.45, 7) is 5.49. The van der Waals surface area contributed by atoms with E-state index in [1.54, 1.807) is 6.20 Å². The van der Waals surface area contributed by atoms with Crippen LogP contribution in [0.3, 0.4) is 0 Å². The maximum Gasteiger partial charge on any atom is 0.0650 e. The van der Waals surface area contributed by atoms with Crippen molar-refractivity contribution in [2.75, 3.05) is 26.2 Å². The molecule has 2 N–H and O–H groups in total. The van der Waals surface area contributed by atoms with Crippen molar-refractivity contribution in [1.29, 1.82) is 0 Å². The summed E-state index contributed by atoms with van der Waals surface area (Å²) in [5.41, 5.74) is 3.65. The molecule has 3 rings (SSSR count). The average Bonchev–Trinajstić information content (AvgIpc) is 2.94. The fourth-order valence-electron chi connectivity index (χ4n) is 2.38. The van der Waals surface area contributed by atoms with Crippen LogP contribution < -0.4 is 5.32 Å². The molecule has 1 fully saturated rings. The van der Waals surface area contributed by atoms with Gasteiger partial charge in [-0.1, -0.05) is 18.2 Å². The molecule has 0 atom stereocenters. The van der Waals surface area contributed by atoms with Crippen LogP contribution >= 0.6 is 0 Å². The Kier molecular flexibility index (Phi) is 3.39. The number of H-pyrrole nitrogens is 1. The summed E-state index contributed by atoms with van der Waals surface area (Å²) >= 11 is 0. The van der Waals surface area contributed by atoms with E-state index in [2.05, 4.69) is 44.7 Å².